The van der Waals surface area contributed by atoms with Crippen LogP contribution in [0.3, 0.4) is 0 Å². The largest absolute Gasteiger partial charge is 0.465 e. The molecule has 15 heavy (non-hydrogen) atoms. The molecule has 1 aliphatic heterocycles. The molecule has 0 radical (unpaired) electrons. The highest BCUT2D eigenvalue weighted by Crippen LogP contribution is 2.27. The lowest BCUT2D eigenvalue weighted by atomic mass is 10.4. The van der Waals surface area contributed by atoms with Crippen LogP contribution in [0.1, 0.15) is 12.2 Å². The highest BCUT2D eigenvalue weighted by atomic mass is 32.2. The summed E-state index contributed by atoms with van der Waals surface area (Å²) in [5.74, 6) is 0.543. The van der Waals surface area contributed by atoms with Crippen molar-refractivity contribution in [1.29, 1.82) is 0 Å². The molecule has 0 bridgehead atoms. The summed E-state index contributed by atoms with van der Waals surface area (Å²) in [5.41, 5.74) is 5.48. The Kier molecular flexibility index (Phi) is 2.92. The van der Waals surface area contributed by atoms with Gasteiger partial charge in [0.15, 0.2) is 5.16 Å². The maximum absolute atomic E-state index is 11.2. The van der Waals surface area contributed by atoms with E-state index in [1.807, 2.05) is 7.05 Å². The first kappa shape index (κ1) is 10.4. The fraction of sp³-hybridized carbons (Fsp3) is 0.625. The number of carbonyl (C=O) groups is 1. The van der Waals surface area contributed by atoms with Crippen molar-refractivity contribution in [2.45, 2.75) is 23.4 Å². The average molecular weight is 228 g/mol. The van der Waals surface area contributed by atoms with Crippen LogP contribution in [-0.2, 0) is 23.1 Å². The third-order valence-corrected chi connectivity index (χ3v) is 3.52. The summed E-state index contributed by atoms with van der Waals surface area (Å²) in [4.78, 5) is 11.2. The van der Waals surface area contributed by atoms with E-state index < -0.39 is 0 Å². The first-order valence-electron chi connectivity index (χ1n) is 4.64. The van der Waals surface area contributed by atoms with Crippen LogP contribution in [0.15, 0.2) is 5.16 Å². The zero-order chi connectivity index (χ0) is 10.8. The minimum atomic E-state index is -0.169. The third kappa shape index (κ3) is 1.98. The van der Waals surface area contributed by atoms with Crippen molar-refractivity contribution in [3.05, 3.63) is 5.82 Å². The van der Waals surface area contributed by atoms with Gasteiger partial charge < -0.3 is 15.0 Å². The molecule has 0 aliphatic carbocycles. The quantitative estimate of drug-likeness (QED) is 0.714. The zero-order valence-corrected chi connectivity index (χ0v) is 9.16. The summed E-state index contributed by atoms with van der Waals surface area (Å²) in [6.45, 7) is 0.845. The van der Waals surface area contributed by atoms with E-state index in [1.54, 1.807) is 4.57 Å². The van der Waals surface area contributed by atoms with Crippen LogP contribution in [0.25, 0.3) is 0 Å². The number of ether oxygens (including phenoxy) is 1. The van der Waals surface area contributed by atoms with Crippen LogP contribution in [0, 0.1) is 0 Å². The van der Waals surface area contributed by atoms with Crippen molar-refractivity contribution >= 4 is 17.7 Å². The fourth-order valence-electron chi connectivity index (χ4n) is 1.34. The van der Waals surface area contributed by atoms with Gasteiger partial charge in [-0.2, -0.15) is 0 Å². The minimum Gasteiger partial charge on any atom is -0.465 e. The highest BCUT2D eigenvalue weighted by Gasteiger charge is 2.29. The standard InChI is InChI=1S/C8H12N4O2S/c1-12-6(4-9)10-11-8(12)15-5-2-3-14-7(5)13/h5H,2-4,9H2,1H3. The predicted octanol–water partition coefficient (Wildman–Crippen LogP) is -0.319. The van der Waals surface area contributed by atoms with E-state index in [9.17, 15) is 4.79 Å². The number of carbonyl (C=O) groups excluding carboxylic acids is 1. The van der Waals surface area contributed by atoms with Crippen molar-refractivity contribution in [2.75, 3.05) is 6.61 Å². The number of cyclic esters (lactones) is 1. The van der Waals surface area contributed by atoms with Gasteiger partial charge >= 0.3 is 5.97 Å². The first-order chi connectivity index (χ1) is 7.22. The Bertz CT molecular complexity index is 379. The molecule has 1 saturated heterocycles. The SMILES string of the molecule is Cn1c(CN)nnc1SC1CCOC1=O. The molecule has 0 amide bonds. The Labute approximate surface area is 91.2 Å². The molecule has 2 N–H and O–H groups in total. The van der Waals surface area contributed by atoms with Crippen molar-refractivity contribution in [2.24, 2.45) is 12.8 Å². The molecule has 1 atom stereocenters. The Balaban J connectivity index is 2.10. The number of esters is 1. The van der Waals surface area contributed by atoms with Gasteiger partial charge in [-0.05, 0) is 0 Å². The van der Waals surface area contributed by atoms with Crippen LogP contribution in [0.5, 0.6) is 0 Å². The molecule has 82 valence electrons. The van der Waals surface area contributed by atoms with Crippen molar-refractivity contribution in [1.82, 2.24) is 14.8 Å². The van der Waals surface area contributed by atoms with Crippen LogP contribution in [0.2, 0.25) is 0 Å². The van der Waals surface area contributed by atoms with E-state index >= 15 is 0 Å². The number of rotatable bonds is 3. The van der Waals surface area contributed by atoms with Crippen molar-refractivity contribution in [3.63, 3.8) is 0 Å². The predicted molar refractivity (Wildman–Crippen MR) is 54.1 cm³/mol. The van der Waals surface area contributed by atoms with E-state index in [1.165, 1.54) is 11.8 Å². The van der Waals surface area contributed by atoms with Gasteiger partial charge in [-0.3, -0.25) is 4.79 Å². The summed E-state index contributed by atoms with van der Waals surface area (Å²) in [6, 6.07) is 0. The lowest BCUT2D eigenvalue weighted by Crippen LogP contribution is -2.11. The van der Waals surface area contributed by atoms with Gasteiger partial charge in [0.2, 0.25) is 0 Å². The maximum Gasteiger partial charge on any atom is 0.319 e. The maximum atomic E-state index is 11.2. The van der Waals surface area contributed by atoms with Crippen molar-refractivity contribution in [3.8, 4) is 0 Å². The van der Waals surface area contributed by atoms with E-state index in [4.69, 9.17) is 10.5 Å². The molecule has 1 aromatic rings. The lowest BCUT2D eigenvalue weighted by molar-refractivity contribution is -0.137. The van der Waals surface area contributed by atoms with Gasteiger partial charge in [0.25, 0.3) is 0 Å². The molecule has 6 nitrogen and oxygen atoms in total. The molecule has 0 aromatic carbocycles. The number of aromatic nitrogens is 3. The Morgan fingerprint density at radius 1 is 1.67 bits per heavy atom. The summed E-state index contributed by atoms with van der Waals surface area (Å²) in [7, 11) is 1.84. The third-order valence-electron chi connectivity index (χ3n) is 2.24. The Morgan fingerprint density at radius 3 is 3.00 bits per heavy atom. The Hall–Kier alpha value is -1.08. The first-order valence-corrected chi connectivity index (χ1v) is 5.52. The summed E-state index contributed by atoms with van der Waals surface area (Å²) in [6.07, 6.45) is 0.730. The molecule has 7 heteroatoms. The second-order valence-corrected chi connectivity index (χ2v) is 4.39. The van der Waals surface area contributed by atoms with Gasteiger partial charge in [-0.25, -0.2) is 0 Å². The van der Waals surface area contributed by atoms with E-state index in [-0.39, 0.29) is 11.2 Å². The van der Waals surface area contributed by atoms with Gasteiger partial charge in [0.1, 0.15) is 11.1 Å². The summed E-state index contributed by atoms with van der Waals surface area (Å²) in [5, 5.41) is 8.44. The minimum absolute atomic E-state index is 0.154. The average Bonchev–Trinajstić information content (AvgIpc) is 2.77. The van der Waals surface area contributed by atoms with E-state index in [2.05, 4.69) is 10.2 Å². The summed E-state index contributed by atoms with van der Waals surface area (Å²) >= 11 is 1.38. The van der Waals surface area contributed by atoms with Crippen LogP contribution in [0.4, 0.5) is 0 Å². The number of hydrogen-bond acceptors (Lipinski definition) is 6. The molecule has 1 aromatic heterocycles. The number of nitrogens with two attached hydrogens (primary N) is 1. The fourth-order valence-corrected chi connectivity index (χ4v) is 2.32. The van der Waals surface area contributed by atoms with Gasteiger partial charge in [-0.15, -0.1) is 10.2 Å². The Morgan fingerprint density at radius 2 is 2.47 bits per heavy atom. The number of thioether (sulfide) groups is 1. The van der Waals surface area contributed by atoms with Crippen molar-refractivity contribution < 1.29 is 9.53 Å². The lowest BCUT2D eigenvalue weighted by Gasteiger charge is -2.04. The molecular formula is C8H12N4O2S. The molecule has 2 rings (SSSR count). The molecule has 0 saturated carbocycles. The zero-order valence-electron chi connectivity index (χ0n) is 8.34. The van der Waals surface area contributed by atoms with Gasteiger partial charge in [-0.1, -0.05) is 11.8 Å². The normalized spacial score (nSPS) is 20.7. The molecule has 0 spiro atoms. The summed E-state index contributed by atoms with van der Waals surface area (Å²) < 4.78 is 6.67. The number of hydrogen-bond donors (Lipinski definition) is 1. The van der Waals surface area contributed by atoms with Gasteiger partial charge in [0, 0.05) is 13.5 Å². The van der Waals surface area contributed by atoms with Crippen LogP contribution >= 0.6 is 11.8 Å². The topological polar surface area (TPSA) is 83.0 Å². The molecule has 1 aliphatic rings. The second-order valence-electron chi connectivity index (χ2n) is 3.22. The number of nitrogens with zero attached hydrogens (tertiary/aromatic N) is 3. The van der Waals surface area contributed by atoms with Gasteiger partial charge in [0.05, 0.1) is 13.2 Å². The van der Waals surface area contributed by atoms with E-state index in [0.717, 1.165) is 6.42 Å². The monoisotopic (exact) mass is 228 g/mol. The molecular weight excluding hydrogens is 216 g/mol. The second kappa shape index (κ2) is 4.19. The van der Waals surface area contributed by atoms with Crippen LogP contribution < -0.4 is 5.73 Å². The van der Waals surface area contributed by atoms with E-state index in [0.29, 0.717) is 24.1 Å². The smallest absolute Gasteiger partial charge is 0.319 e. The van der Waals surface area contributed by atoms with Crippen LogP contribution in [-0.4, -0.2) is 32.6 Å². The molecule has 1 unspecified atom stereocenters. The highest BCUT2D eigenvalue weighted by molar-refractivity contribution is 8.00. The molecule has 1 fully saturated rings. The molecule has 2 heterocycles.